The third-order valence-electron chi connectivity index (χ3n) is 9.88. The Labute approximate surface area is 322 Å². The Morgan fingerprint density at radius 3 is 1.44 bits per heavy atom. The second-order valence-electron chi connectivity index (χ2n) is 13.5. The van der Waals surface area contributed by atoms with Gasteiger partial charge in [0.1, 0.15) is 0 Å². The molecule has 9 aromatic rings. The first kappa shape index (κ1) is 35.6. The molecule has 0 bridgehead atoms. The van der Waals surface area contributed by atoms with Gasteiger partial charge >= 0.3 is 12.4 Å². The number of benzene rings is 7. The fraction of sp³-hybridized carbons (Fsp3) is 0.0426. The van der Waals surface area contributed by atoms with Gasteiger partial charge in [-0.1, -0.05) is 115 Å². The molecule has 0 aliphatic carbocycles. The van der Waals surface area contributed by atoms with Gasteiger partial charge < -0.3 is 4.57 Å². The van der Waals surface area contributed by atoms with Crippen molar-refractivity contribution in [1.82, 2.24) is 19.5 Å². The molecule has 9 rings (SSSR count). The summed E-state index contributed by atoms with van der Waals surface area (Å²) in [5.74, 6) is 0.641. The molecule has 0 aliphatic heterocycles. The van der Waals surface area contributed by atoms with E-state index in [2.05, 4.69) is 6.07 Å². The van der Waals surface area contributed by atoms with Gasteiger partial charge in [-0.3, -0.25) is 0 Å². The molecule has 0 atom stereocenters. The zero-order chi connectivity index (χ0) is 39.3. The summed E-state index contributed by atoms with van der Waals surface area (Å²) in [5, 5.41) is 1.85. The number of nitrogens with zero attached hydrogens (tertiary/aromatic N) is 4. The minimum atomic E-state index is -5.06. The summed E-state index contributed by atoms with van der Waals surface area (Å²) < 4.78 is 88.1. The molecule has 4 nitrogen and oxygen atoms in total. The van der Waals surface area contributed by atoms with E-state index in [1.54, 1.807) is 18.2 Å². The van der Waals surface area contributed by atoms with Gasteiger partial charge in [0.25, 0.3) is 0 Å². The van der Waals surface area contributed by atoms with E-state index < -0.39 is 23.5 Å². The molecule has 0 amide bonds. The molecule has 2 aromatic heterocycles. The zero-order valence-electron chi connectivity index (χ0n) is 29.7. The van der Waals surface area contributed by atoms with E-state index in [0.29, 0.717) is 16.8 Å². The number of aromatic nitrogens is 4. The van der Waals surface area contributed by atoms with Crippen molar-refractivity contribution in [2.45, 2.75) is 12.4 Å². The van der Waals surface area contributed by atoms with Crippen molar-refractivity contribution in [2.24, 2.45) is 0 Å². The van der Waals surface area contributed by atoms with Crippen molar-refractivity contribution < 1.29 is 26.3 Å². The summed E-state index contributed by atoms with van der Waals surface area (Å²) >= 11 is 0. The third-order valence-corrected chi connectivity index (χ3v) is 9.88. The summed E-state index contributed by atoms with van der Waals surface area (Å²) in [7, 11) is 0. The Morgan fingerprint density at radius 2 is 0.860 bits per heavy atom. The van der Waals surface area contributed by atoms with Gasteiger partial charge in [0, 0.05) is 33.2 Å². The lowest BCUT2D eigenvalue weighted by atomic mass is 9.94. The summed E-state index contributed by atoms with van der Waals surface area (Å²) in [6, 6.07) is 48.5. The van der Waals surface area contributed by atoms with Gasteiger partial charge in [0.2, 0.25) is 0 Å². The van der Waals surface area contributed by atoms with Crippen LogP contribution in [0.25, 0.3) is 83.9 Å². The van der Waals surface area contributed by atoms with E-state index >= 15 is 0 Å². The van der Waals surface area contributed by atoms with Crippen LogP contribution < -0.4 is 0 Å². The minimum Gasteiger partial charge on any atom is -0.309 e. The first-order chi connectivity index (χ1) is 27.5. The molecule has 0 aliphatic rings. The monoisotopic (exact) mass is 762 g/mol. The second-order valence-corrected chi connectivity index (χ2v) is 13.5. The van der Waals surface area contributed by atoms with Crippen LogP contribution in [0.3, 0.4) is 0 Å². The Bertz CT molecular complexity index is 2830. The molecule has 2 heterocycles. The molecule has 0 N–H and O–H groups in total. The van der Waals surface area contributed by atoms with Crippen LogP contribution in [-0.2, 0) is 12.4 Å². The Hall–Kier alpha value is -7.07. The number of halogens is 6. The number of para-hydroxylation sites is 1. The lowest BCUT2D eigenvalue weighted by Gasteiger charge is -2.18. The number of rotatable bonds is 6. The van der Waals surface area contributed by atoms with Crippen molar-refractivity contribution in [3.8, 4) is 62.1 Å². The highest BCUT2D eigenvalue weighted by Gasteiger charge is 2.37. The van der Waals surface area contributed by atoms with E-state index in [0.717, 1.165) is 45.1 Å². The molecule has 0 spiro atoms. The maximum Gasteiger partial charge on any atom is 0.416 e. The molecule has 0 radical (unpaired) electrons. The average Bonchev–Trinajstić information content (AvgIpc) is 3.57. The van der Waals surface area contributed by atoms with Crippen molar-refractivity contribution >= 4 is 21.8 Å². The van der Waals surface area contributed by atoms with Crippen LogP contribution in [0.2, 0.25) is 0 Å². The molecule has 10 heteroatoms. The van der Waals surface area contributed by atoms with Crippen molar-refractivity contribution in [2.75, 3.05) is 0 Å². The van der Waals surface area contributed by atoms with Gasteiger partial charge in [-0.2, -0.15) is 26.3 Å². The van der Waals surface area contributed by atoms with Crippen molar-refractivity contribution in [3.63, 3.8) is 0 Å². The smallest absolute Gasteiger partial charge is 0.309 e. The van der Waals surface area contributed by atoms with Crippen molar-refractivity contribution in [1.29, 1.82) is 0 Å². The fourth-order valence-corrected chi connectivity index (χ4v) is 7.21. The SMILES string of the molecule is FC(F)(F)c1cc(-c2cc(-n3c4ccccc4c4cc(-c5ccccc5)ccc43)ccc2-c2nc(-c3ccccc3)nc(-c3ccccc3)n2)cc(C(F)(F)F)c1. The molecule has 57 heavy (non-hydrogen) atoms. The van der Waals surface area contributed by atoms with Gasteiger partial charge in [0.05, 0.1) is 22.2 Å². The van der Waals surface area contributed by atoms with Gasteiger partial charge in [-0.25, -0.2) is 15.0 Å². The molecule has 7 aromatic carbocycles. The Balaban J connectivity index is 1.33. The highest BCUT2D eigenvalue weighted by molar-refractivity contribution is 6.10. The Kier molecular flexibility index (Phi) is 8.69. The van der Waals surface area contributed by atoms with Gasteiger partial charge in [0.15, 0.2) is 17.5 Å². The van der Waals surface area contributed by atoms with Crippen LogP contribution >= 0.6 is 0 Å². The highest BCUT2D eigenvalue weighted by Crippen LogP contribution is 2.43. The molecule has 0 fully saturated rings. The van der Waals surface area contributed by atoms with Crippen LogP contribution in [0.1, 0.15) is 11.1 Å². The predicted octanol–water partition coefficient (Wildman–Crippen LogP) is 13.3. The maximum atomic E-state index is 14.4. The van der Waals surface area contributed by atoms with Crippen LogP contribution in [0.4, 0.5) is 26.3 Å². The maximum absolute atomic E-state index is 14.4. The lowest BCUT2D eigenvalue weighted by molar-refractivity contribution is -0.143. The molecule has 0 unspecified atom stereocenters. The third kappa shape index (κ3) is 6.80. The van der Waals surface area contributed by atoms with Crippen molar-refractivity contribution in [3.05, 3.63) is 181 Å². The number of hydrogen-bond donors (Lipinski definition) is 0. The zero-order valence-corrected chi connectivity index (χ0v) is 29.7. The number of alkyl halides is 6. The second kappa shape index (κ2) is 13.9. The minimum absolute atomic E-state index is 0.0696. The summed E-state index contributed by atoms with van der Waals surface area (Å²) in [4.78, 5) is 14.3. The molecular weight excluding hydrogens is 735 g/mol. The quantitative estimate of drug-likeness (QED) is 0.158. The van der Waals surface area contributed by atoms with E-state index in [1.807, 2.05) is 132 Å². The van der Waals surface area contributed by atoms with Crippen LogP contribution in [0, 0.1) is 0 Å². The fourth-order valence-electron chi connectivity index (χ4n) is 7.21. The predicted molar refractivity (Wildman–Crippen MR) is 211 cm³/mol. The molecular formula is C47H28F6N4. The van der Waals surface area contributed by atoms with Crippen LogP contribution in [-0.4, -0.2) is 19.5 Å². The topological polar surface area (TPSA) is 43.6 Å². The first-order valence-corrected chi connectivity index (χ1v) is 17.9. The Morgan fingerprint density at radius 1 is 0.351 bits per heavy atom. The van der Waals surface area contributed by atoms with Gasteiger partial charge in [-0.15, -0.1) is 0 Å². The summed E-state index contributed by atoms with van der Waals surface area (Å²) in [6.45, 7) is 0. The summed E-state index contributed by atoms with van der Waals surface area (Å²) in [6.07, 6.45) is -10.1. The standard InChI is InChI=1S/C47H28F6N4/c48-46(49,50)34-24-33(25-35(27-34)47(51,52)53)39-28-36(57-41-19-11-10-18-37(41)40-26-32(20-23-42(40)57)29-12-4-1-5-13-29)21-22-38(39)45-55-43(30-14-6-2-7-15-30)54-44(56-45)31-16-8-3-9-17-31/h1-28H. The number of fused-ring (bicyclic) bond motifs is 3. The highest BCUT2D eigenvalue weighted by atomic mass is 19.4. The first-order valence-electron chi connectivity index (χ1n) is 17.9. The lowest BCUT2D eigenvalue weighted by Crippen LogP contribution is -2.11. The number of hydrogen-bond acceptors (Lipinski definition) is 3. The molecule has 278 valence electrons. The van der Waals surface area contributed by atoms with Crippen LogP contribution in [0.5, 0.6) is 0 Å². The van der Waals surface area contributed by atoms with E-state index in [9.17, 15) is 26.3 Å². The van der Waals surface area contributed by atoms with Gasteiger partial charge in [-0.05, 0) is 76.9 Å². The van der Waals surface area contributed by atoms with E-state index in [1.165, 1.54) is 0 Å². The normalized spacial score (nSPS) is 12.0. The van der Waals surface area contributed by atoms with E-state index in [-0.39, 0.29) is 40.2 Å². The molecule has 0 saturated heterocycles. The average molecular weight is 763 g/mol. The molecule has 0 saturated carbocycles. The summed E-state index contributed by atoms with van der Waals surface area (Å²) in [5.41, 5.74) is 2.54. The largest absolute Gasteiger partial charge is 0.416 e. The van der Waals surface area contributed by atoms with Crippen LogP contribution in [0.15, 0.2) is 170 Å². The van der Waals surface area contributed by atoms with E-state index in [4.69, 9.17) is 15.0 Å².